The van der Waals surface area contributed by atoms with Gasteiger partial charge in [0.25, 0.3) is 0 Å². The molecule has 8 atom stereocenters. The lowest BCUT2D eigenvalue weighted by Gasteiger charge is -2.43. The highest BCUT2D eigenvalue weighted by Gasteiger charge is 2.41. The Morgan fingerprint density at radius 3 is 1.40 bits per heavy atom. The minimum atomic E-state index is -0.391. The van der Waals surface area contributed by atoms with E-state index in [1.165, 1.54) is 29.2 Å². The zero-order valence-electron chi connectivity index (χ0n) is 74.4. The first-order valence-corrected chi connectivity index (χ1v) is 45.3. The highest BCUT2D eigenvalue weighted by Crippen LogP contribution is 2.43. The van der Waals surface area contributed by atoms with Crippen molar-refractivity contribution in [3.63, 3.8) is 0 Å². The molecule has 0 spiro atoms. The van der Waals surface area contributed by atoms with Gasteiger partial charge in [0, 0.05) is 166 Å². The van der Waals surface area contributed by atoms with Gasteiger partial charge in [-0.05, 0) is 130 Å². The molecule has 129 heavy (non-hydrogen) atoms. The number of likely N-dealkylation sites (N-methyl/N-ethyl adjacent to an activating group) is 3. The molecule has 668 valence electrons. The Balaban J connectivity index is 0.569. The number of aromatic nitrogens is 6. The van der Waals surface area contributed by atoms with Crippen LogP contribution in [0.4, 0.5) is 34.5 Å². The fraction of sp³-hybridized carbons (Fsp3) is 0.455. The molecule has 9 aliphatic heterocycles. The van der Waals surface area contributed by atoms with Crippen LogP contribution in [0.2, 0.25) is 0 Å². The van der Waals surface area contributed by atoms with Crippen molar-refractivity contribution < 1.29 is 42.8 Å². The Morgan fingerprint density at radius 2 is 0.907 bits per heavy atom. The fourth-order valence-corrected chi connectivity index (χ4v) is 20.4. The van der Waals surface area contributed by atoms with Crippen LogP contribution in [0.5, 0.6) is 18.0 Å². The summed E-state index contributed by atoms with van der Waals surface area (Å²) in [5, 5.41) is 36.9. The summed E-state index contributed by atoms with van der Waals surface area (Å²) < 4.78 is 40.3. The Hall–Kier alpha value is -12.6. The number of carbonyl (C=O) groups excluding carboxylic acids is 3. The van der Waals surface area contributed by atoms with Gasteiger partial charge in [0.2, 0.25) is 17.7 Å². The normalized spacial score (nSPS) is 22.8. The smallest absolute Gasteiger partial charge is 0.318 e. The number of carbonyl (C=O) groups is 3. The molecule has 0 saturated carbocycles. The van der Waals surface area contributed by atoms with Crippen LogP contribution in [0.25, 0.3) is 32.3 Å². The van der Waals surface area contributed by atoms with Crippen LogP contribution >= 0.6 is 0 Å². The summed E-state index contributed by atoms with van der Waals surface area (Å²) in [5.74, 6) is 1.69. The molecule has 0 bridgehead atoms. The molecule has 6 aromatic carbocycles. The van der Waals surface area contributed by atoms with E-state index < -0.39 is 6.04 Å². The van der Waals surface area contributed by atoms with Crippen molar-refractivity contribution in [3.8, 4) is 36.2 Å². The summed E-state index contributed by atoms with van der Waals surface area (Å²) in [6.45, 7) is 27.5. The van der Waals surface area contributed by atoms with Crippen LogP contribution in [0, 0.1) is 34.0 Å². The molecule has 9 aromatic rings. The van der Waals surface area contributed by atoms with Gasteiger partial charge in [-0.1, -0.05) is 111 Å². The standard InChI is InChI=1S/C99H113N21O9/c1-9-90(121)118-44-41-115(50-69(118)29-35-100)93-81-33-39-113(57-84(81)103-97(107-93)126-62-74-55-111(8)99(4,5)64-128-74)87-28-27-67(76-22-16-17-25-79(76)87)48-72-60-124-73(54-110(72)7)61-125-96-105-85-58-114(40-34-82(85)95(106-96)117-43-46-120(92(123)11-3)71(52-117)31-37-102)88-49-68(47-66-20-13-15-24-78(66)88)89-59-109(6)53-75(129-89)63-127-98-104-83-56-112(86-26-18-21-65-19-12-14-23-77(65)86)38-32-80(83)94(108-98)116-42-45-119(91(122)10-2)70(51-116)30-36-101/h9-28,47,49,69-75,89H,1-3,29-34,38-46,48,50-64H2,4-8H3/t69-,70-,71-,72+,73+,74+,75+,89?/m0/s1. The van der Waals surface area contributed by atoms with E-state index in [4.69, 9.17) is 58.3 Å². The zero-order chi connectivity index (χ0) is 89.1. The number of hydrogen-bond acceptors (Lipinski definition) is 27. The highest BCUT2D eigenvalue weighted by molar-refractivity contribution is 5.98. The van der Waals surface area contributed by atoms with Crippen LogP contribution < -0.4 is 43.6 Å². The van der Waals surface area contributed by atoms with Crippen molar-refractivity contribution >= 4 is 84.6 Å². The summed E-state index contributed by atoms with van der Waals surface area (Å²) in [6, 6.07) is 47.7. The second kappa shape index (κ2) is 38.0. The van der Waals surface area contributed by atoms with Crippen molar-refractivity contribution in [3.05, 3.63) is 198 Å². The number of benzene rings is 6. The minimum absolute atomic E-state index is 0.0517. The van der Waals surface area contributed by atoms with Crippen LogP contribution in [0.3, 0.4) is 0 Å². The van der Waals surface area contributed by atoms with Gasteiger partial charge in [0.15, 0.2) is 0 Å². The maximum atomic E-state index is 13.3. The van der Waals surface area contributed by atoms with Gasteiger partial charge in [0.1, 0.15) is 55.6 Å². The van der Waals surface area contributed by atoms with E-state index in [1.54, 1.807) is 14.7 Å². The predicted molar refractivity (Wildman–Crippen MR) is 495 cm³/mol. The van der Waals surface area contributed by atoms with Crippen molar-refractivity contribution in [1.29, 1.82) is 15.8 Å². The predicted octanol–water partition coefficient (Wildman–Crippen LogP) is 9.81. The van der Waals surface area contributed by atoms with Crippen molar-refractivity contribution in [2.75, 3.05) is 188 Å². The zero-order valence-corrected chi connectivity index (χ0v) is 74.4. The van der Waals surface area contributed by atoms with E-state index in [1.807, 2.05) is 0 Å². The molecule has 1 unspecified atom stereocenters. The van der Waals surface area contributed by atoms with E-state index in [-0.39, 0.29) is 123 Å². The van der Waals surface area contributed by atoms with E-state index in [0.29, 0.717) is 150 Å². The Labute approximate surface area is 753 Å². The molecule has 12 heterocycles. The number of anilines is 6. The number of rotatable bonds is 24. The van der Waals surface area contributed by atoms with Gasteiger partial charge in [-0.3, -0.25) is 24.2 Å². The molecule has 3 amide bonds. The fourth-order valence-electron chi connectivity index (χ4n) is 20.4. The maximum Gasteiger partial charge on any atom is 0.318 e. The molecule has 0 N–H and O–H groups in total. The van der Waals surface area contributed by atoms with Gasteiger partial charge >= 0.3 is 18.0 Å². The third-order valence-electron chi connectivity index (χ3n) is 27.6. The van der Waals surface area contributed by atoms with Crippen molar-refractivity contribution in [1.82, 2.24) is 59.3 Å². The molecular weight excluding hydrogens is 1630 g/mol. The molecule has 6 fully saturated rings. The SMILES string of the molecule is C=CC(=O)N1CCN(c2nc(OC[C@H]3CN(C)[C@H](Cc4ccc(N5CCc6c(nc(OC[C@H]7CN(C)C(C)(C)CO7)nc6N6CCN(C(=O)C=C)[C@@H](CC#N)C6)C5)c5ccccc45)CO3)nc3c2CCN(c2cc(C4CN(C)C[C@H](COc5nc6c(c(N7CCN(C(=O)C=C)[C@@H](CC#N)C7)n5)CCN(c5cccc7ccccc57)C6)O4)cc4ccccc24)C3)C[C@@H]1CC#N. The number of amides is 3. The van der Waals surface area contributed by atoms with Gasteiger partial charge in [-0.25, -0.2) is 0 Å². The summed E-state index contributed by atoms with van der Waals surface area (Å²) in [6.07, 6.45) is 5.97. The molecule has 18 rings (SSSR count). The molecule has 9 aliphatic rings. The lowest BCUT2D eigenvalue weighted by atomic mass is 9.95. The van der Waals surface area contributed by atoms with Crippen LogP contribution in [-0.4, -0.2) is 284 Å². The third-order valence-corrected chi connectivity index (χ3v) is 27.6. The van der Waals surface area contributed by atoms with Crippen LogP contribution in [0.1, 0.15) is 84.1 Å². The van der Waals surface area contributed by atoms with Crippen molar-refractivity contribution in [2.24, 2.45) is 0 Å². The number of piperazine rings is 3. The van der Waals surface area contributed by atoms with E-state index in [9.17, 15) is 30.2 Å². The molecular formula is C99H113N21O9. The summed E-state index contributed by atoms with van der Waals surface area (Å²) in [4.78, 5) is 96.8. The first-order chi connectivity index (χ1) is 62.8. The minimum Gasteiger partial charge on any atom is -0.461 e. The number of ether oxygens (including phenoxy) is 6. The Morgan fingerprint density at radius 1 is 0.457 bits per heavy atom. The summed E-state index contributed by atoms with van der Waals surface area (Å²) >= 11 is 0. The monoisotopic (exact) mass is 1740 g/mol. The molecule has 0 radical (unpaired) electrons. The number of morpholine rings is 3. The first-order valence-electron chi connectivity index (χ1n) is 45.3. The molecule has 30 heteroatoms. The average molecular weight is 1740 g/mol. The van der Waals surface area contributed by atoms with E-state index in [2.05, 4.69) is 232 Å². The second-order valence-electron chi connectivity index (χ2n) is 36.2. The second-order valence-corrected chi connectivity index (χ2v) is 36.2. The molecule has 0 aliphatic carbocycles. The van der Waals surface area contributed by atoms with Gasteiger partial charge < -0.3 is 77.4 Å². The number of fused-ring (bicyclic) bond motifs is 6. The lowest BCUT2D eigenvalue weighted by molar-refractivity contribution is -0.129. The first kappa shape index (κ1) is 87.1. The summed E-state index contributed by atoms with van der Waals surface area (Å²) in [7, 11) is 6.38. The highest BCUT2D eigenvalue weighted by atomic mass is 16.6. The number of nitrogens with zero attached hydrogens (tertiary/aromatic N) is 21. The average Bonchev–Trinajstić information content (AvgIpc) is 0.762. The van der Waals surface area contributed by atoms with E-state index in [0.717, 1.165) is 114 Å². The largest absolute Gasteiger partial charge is 0.461 e. The van der Waals surface area contributed by atoms with Gasteiger partial charge in [0.05, 0.1) is 112 Å². The Bertz CT molecular complexity index is 5890. The number of nitriles is 3. The molecule has 3 aromatic heterocycles. The third kappa shape index (κ3) is 18.3. The topological polar surface area (TPSA) is 294 Å². The van der Waals surface area contributed by atoms with Crippen molar-refractivity contribution in [2.45, 2.75) is 133 Å². The van der Waals surface area contributed by atoms with Crippen LogP contribution in [0.15, 0.2) is 153 Å². The molecule has 30 nitrogen and oxygen atoms in total. The maximum absolute atomic E-state index is 13.3. The molecule has 6 saturated heterocycles. The van der Waals surface area contributed by atoms with Gasteiger partial charge in [-0.15, -0.1) is 0 Å². The number of hydrogen-bond donors (Lipinski definition) is 0. The Kier molecular flexibility index (Phi) is 25.6. The summed E-state index contributed by atoms with van der Waals surface area (Å²) in [5.41, 5.74) is 11.1. The quantitative estimate of drug-likeness (QED) is 0.0508. The van der Waals surface area contributed by atoms with Crippen LogP contribution in [-0.2, 0) is 73.9 Å². The lowest BCUT2D eigenvalue weighted by Crippen LogP contribution is -2.55. The van der Waals surface area contributed by atoms with E-state index >= 15 is 0 Å². The van der Waals surface area contributed by atoms with Gasteiger partial charge in [-0.2, -0.15) is 45.7 Å².